The molecule has 0 spiro atoms. The highest BCUT2D eigenvalue weighted by Crippen LogP contribution is 2.31. The fourth-order valence-electron chi connectivity index (χ4n) is 2.16. The summed E-state index contributed by atoms with van der Waals surface area (Å²) in [5, 5.41) is 14.2. The van der Waals surface area contributed by atoms with Crippen molar-refractivity contribution in [1.29, 1.82) is 0 Å². The molecular weight excluding hydrogens is 322 g/mol. The number of hydrogen-bond donors (Lipinski definition) is 1. The van der Waals surface area contributed by atoms with Crippen molar-refractivity contribution in [3.8, 4) is 0 Å². The van der Waals surface area contributed by atoms with Crippen LogP contribution in [0.25, 0.3) is 0 Å². The van der Waals surface area contributed by atoms with Gasteiger partial charge in [-0.05, 0) is 47.8 Å². The minimum atomic E-state index is -0.445. The van der Waals surface area contributed by atoms with E-state index in [-0.39, 0.29) is 11.5 Å². The van der Waals surface area contributed by atoms with Crippen LogP contribution in [0.15, 0.2) is 28.9 Å². The van der Waals surface area contributed by atoms with Gasteiger partial charge in [-0.25, -0.2) is 4.98 Å². The number of aromatic nitrogens is 1. The Balaban J connectivity index is 2.48. The van der Waals surface area contributed by atoms with Gasteiger partial charge in [0.15, 0.2) is 0 Å². The largest absolute Gasteiger partial charge is 0.334 e. The van der Waals surface area contributed by atoms with Gasteiger partial charge in [-0.3, -0.25) is 10.1 Å². The Labute approximate surface area is 125 Å². The highest BCUT2D eigenvalue weighted by Gasteiger charge is 2.17. The van der Waals surface area contributed by atoms with E-state index >= 15 is 0 Å². The lowest BCUT2D eigenvalue weighted by Crippen LogP contribution is -2.02. The summed E-state index contributed by atoms with van der Waals surface area (Å²) in [6.45, 7) is 5.95. The van der Waals surface area contributed by atoms with Crippen LogP contribution < -0.4 is 5.32 Å². The first-order valence-electron chi connectivity index (χ1n) is 6.03. The fourth-order valence-corrected chi connectivity index (χ4v) is 2.48. The van der Waals surface area contributed by atoms with Gasteiger partial charge in [-0.1, -0.05) is 17.7 Å². The summed E-state index contributed by atoms with van der Waals surface area (Å²) >= 11 is 3.19. The van der Waals surface area contributed by atoms with Crippen molar-refractivity contribution in [3.63, 3.8) is 0 Å². The van der Waals surface area contributed by atoms with Crippen molar-refractivity contribution in [3.05, 3.63) is 55.7 Å². The topological polar surface area (TPSA) is 68.1 Å². The molecule has 20 heavy (non-hydrogen) atoms. The second kappa shape index (κ2) is 5.58. The minimum Gasteiger partial charge on any atom is -0.334 e. The molecule has 1 N–H and O–H groups in total. The van der Waals surface area contributed by atoms with Gasteiger partial charge in [0, 0.05) is 22.4 Å². The lowest BCUT2D eigenvalue weighted by Gasteiger charge is -2.13. The first kappa shape index (κ1) is 14.5. The smallest absolute Gasteiger partial charge is 0.312 e. The molecule has 2 aromatic rings. The molecule has 0 aliphatic heterocycles. The summed E-state index contributed by atoms with van der Waals surface area (Å²) in [5.41, 5.74) is 4.01. The van der Waals surface area contributed by atoms with E-state index in [4.69, 9.17) is 0 Å². The van der Waals surface area contributed by atoms with Crippen molar-refractivity contribution < 1.29 is 4.92 Å². The average molecular weight is 336 g/mol. The van der Waals surface area contributed by atoms with Crippen molar-refractivity contribution >= 4 is 33.1 Å². The van der Waals surface area contributed by atoms with E-state index in [1.807, 2.05) is 32.9 Å². The molecule has 0 fully saturated rings. The lowest BCUT2D eigenvalue weighted by molar-refractivity contribution is -0.384. The van der Waals surface area contributed by atoms with E-state index in [0.717, 1.165) is 22.4 Å². The van der Waals surface area contributed by atoms with Crippen LogP contribution in [0.1, 0.15) is 16.7 Å². The molecule has 0 radical (unpaired) electrons. The first-order chi connectivity index (χ1) is 9.38. The number of nitrogens with zero attached hydrogens (tertiary/aromatic N) is 2. The van der Waals surface area contributed by atoms with Crippen LogP contribution in [0.3, 0.4) is 0 Å². The number of hydrogen-bond acceptors (Lipinski definition) is 4. The minimum absolute atomic E-state index is 0.0567. The molecular formula is C14H14BrN3O2. The van der Waals surface area contributed by atoms with Gasteiger partial charge in [0.05, 0.1) is 4.92 Å². The summed E-state index contributed by atoms with van der Waals surface area (Å²) in [6.07, 6.45) is 1.54. The van der Waals surface area contributed by atoms with Crippen LogP contribution in [-0.2, 0) is 0 Å². The van der Waals surface area contributed by atoms with E-state index < -0.39 is 4.92 Å². The molecule has 0 aliphatic rings. The highest BCUT2D eigenvalue weighted by atomic mass is 79.9. The van der Waals surface area contributed by atoms with Gasteiger partial charge >= 0.3 is 5.69 Å². The summed E-state index contributed by atoms with van der Waals surface area (Å²) in [4.78, 5) is 14.7. The summed E-state index contributed by atoms with van der Waals surface area (Å²) < 4.78 is 0.576. The monoisotopic (exact) mass is 335 g/mol. The van der Waals surface area contributed by atoms with Crippen LogP contribution in [0, 0.1) is 30.9 Å². The van der Waals surface area contributed by atoms with Crippen LogP contribution in [0.2, 0.25) is 0 Å². The molecule has 0 bridgehead atoms. The van der Waals surface area contributed by atoms with Gasteiger partial charge in [-0.2, -0.15) is 0 Å². The van der Waals surface area contributed by atoms with Gasteiger partial charge in [0.1, 0.15) is 0 Å². The number of halogens is 1. The standard InChI is InChI=1S/C14H14BrN3O2/c1-8-4-9(2)13(10(3)5-8)17-14-12(18(19)20)6-11(15)7-16-14/h4-7H,1-3H3,(H,16,17). The van der Waals surface area contributed by atoms with Gasteiger partial charge < -0.3 is 5.32 Å². The van der Waals surface area contributed by atoms with Crippen LogP contribution in [0.4, 0.5) is 17.2 Å². The zero-order valence-electron chi connectivity index (χ0n) is 11.4. The predicted octanol–water partition coefficient (Wildman–Crippen LogP) is 4.42. The number of anilines is 2. The molecule has 0 atom stereocenters. The molecule has 1 heterocycles. The zero-order valence-corrected chi connectivity index (χ0v) is 13.0. The maximum Gasteiger partial charge on any atom is 0.312 e. The lowest BCUT2D eigenvalue weighted by atomic mass is 10.1. The maximum atomic E-state index is 11.1. The van der Waals surface area contributed by atoms with E-state index in [1.165, 1.54) is 12.3 Å². The Morgan fingerprint density at radius 2 is 1.80 bits per heavy atom. The predicted molar refractivity (Wildman–Crippen MR) is 82.5 cm³/mol. The van der Waals surface area contributed by atoms with Gasteiger partial charge in [0.2, 0.25) is 5.82 Å². The van der Waals surface area contributed by atoms with Crippen molar-refractivity contribution in [2.24, 2.45) is 0 Å². The summed E-state index contributed by atoms with van der Waals surface area (Å²) in [6, 6.07) is 5.49. The zero-order chi connectivity index (χ0) is 14.9. The molecule has 6 heteroatoms. The maximum absolute atomic E-state index is 11.1. The third kappa shape index (κ3) is 2.96. The fraction of sp³-hybridized carbons (Fsp3) is 0.214. The number of aryl methyl sites for hydroxylation is 3. The van der Waals surface area contributed by atoms with Gasteiger partial charge in [-0.15, -0.1) is 0 Å². The van der Waals surface area contributed by atoms with E-state index in [0.29, 0.717) is 4.47 Å². The normalized spacial score (nSPS) is 10.4. The van der Waals surface area contributed by atoms with E-state index in [2.05, 4.69) is 26.2 Å². The van der Waals surface area contributed by atoms with E-state index in [9.17, 15) is 10.1 Å². The van der Waals surface area contributed by atoms with Crippen molar-refractivity contribution in [2.75, 3.05) is 5.32 Å². The third-order valence-electron chi connectivity index (χ3n) is 2.95. The number of nitro groups is 1. The van der Waals surface area contributed by atoms with Gasteiger partial charge in [0.25, 0.3) is 0 Å². The highest BCUT2D eigenvalue weighted by molar-refractivity contribution is 9.10. The first-order valence-corrected chi connectivity index (χ1v) is 6.82. The summed E-state index contributed by atoms with van der Waals surface area (Å²) in [7, 11) is 0. The van der Waals surface area contributed by atoms with Crippen LogP contribution in [0.5, 0.6) is 0 Å². The molecule has 0 saturated carbocycles. The Bertz CT molecular complexity index is 663. The Hall–Kier alpha value is -1.95. The molecule has 1 aromatic carbocycles. The summed E-state index contributed by atoms with van der Waals surface area (Å²) in [5.74, 6) is 0.244. The molecule has 5 nitrogen and oxygen atoms in total. The average Bonchev–Trinajstić information content (AvgIpc) is 2.34. The molecule has 1 aromatic heterocycles. The van der Waals surface area contributed by atoms with E-state index in [1.54, 1.807) is 0 Å². The molecule has 2 rings (SSSR count). The number of nitrogens with one attached hydrogen (secondary N) is 1. The molecule has 0 amide bonds. The Kier molecular flexibility index (Phi) is 4.04. The second-order valence-electron chi connectivity index (χ2n) is 4.68. The number of rotatable bonds is 3. The molecule has 0 aliphatic carbocycles. The van der Waals surface area contributed by atoms with Crippen LogP contribution >= 0.6 is 15.9 Å². The number of benzene rings is 1. The number of pyridine rings is 1. The molecule has 104 valence electrons. The quantitative estimate of drug-likeness (QED) is 0.665. The third-order valence-corrected chi connectivity index (χ3v) is 3.39. The van der Waals surface area contributed by atoms with Crippen LogP contribution in [-0.4, -0.2) is 9.91 Å². The molecule has 0 saturated heterocycles. The SMILES string of the molecule is Cc1cc(C)c(Nc2ncc(Br)cc2[N+](=O)[O-])c(C)c1. The second-order valence-corrected chi connectivity index (χ2v) is 5.59. The van der Waals surface area contributed by atoms with Crippen molar-refractivity contribution in [1.82, 2.24) is 4.98 Å². The molecule has 0 unspecified atom stereocenters. The van der Waals surface area contributed by atoms with Crippen molar-refractivity contribution in [2.45, 2.75) is 20.8 Å². The Morgan fingerprint density at radius 3 is 2.35 bits per heavy atom. The Morgan fingerprint density at radius 1 is 1.20 bits per heavy atom.